The van der Waals surface area contributed by atoms with Crippen LogP contribution in [0.2, 0.25) is 0 Å². The maximum absolute atomic E-state index is 3.99. The molecule has 2 unspecified atom stereocenters. The van der Waals surface area contributed by atoms with Gasteiger partial charge in [-0.15, -0.1) is 0 Å². The lowest BCUT2D eigenvalue weighted by Crippen LogP contribution is -2.47. The van der Waals surface area contributed by atoms with Crippen LogP contribution in [0.4, 0.5) is 0 Å². The molecule has 0 N–H and O–H groups in total. The van der Waals surface area contributed by atoms with Gasteiger partial charge in [0.05, 0.1) is 0 Å². The number of nitrogens with zero attached hydrogens (tertiary/aromatic N) is 1. The Morgan fingerprint density at radius 3 is 2.58 bits per heavy atom. The second-order valence-electron chi connectivity index (χ2n) is 7.00. The molecule has 0 spiro atoms. The number of benzene rings is 2. The SMILES string of the molecule is C=Cc1ccccc1C1=CC2CCCC(C1)N2Cc1ccccc1. The van der Waals surface area contributed by atoms with Gasteiger partial charge in [0.25, 0.3) is 0 Å². The van der Waals surface area contributed by atoms with Crippen molar-refractivity contribution in [2.75, 3.05) is 0 Å². The van der Waals surface area contributed by atoms with E-state index in [0.29, 0.717) is 12.1 Å². The standard InChI is InChI=1S/C23H25N/c1-2-19-11-6-7-14-23(19)20-15-21-12-8-13-22(16-20)24(21)17-18-9-4-3-5-10-18/h2-7,9-11,14-15,21-22H,1,8,12-13,16-17H2. The highest BCUT2D eigenvalue weighted by atomic mass is 15.2. The first-order chi connectivity index (χ1) is 11.8. The Morgan fingerprint density at radius 2 is 1.79 bits per heavy atom. The highest BCUT2D eigenvalue weighted by Crippen LogP contribution is 2.38. The Labute approximate surface area is 145 Å². The molecule has 2 aromatic rings. The van der Waals surface area contributed by atoms with Crippen LogP contribution in [0.3, 0.4) is 0 Å². The highest BCUT2D eigenvalue weighted by Gasteiger charge is 2.34. The van der Waals surface area contributed by atoms with Crippen LogP contribution in [0.25, 0.3) is 11.6 Å². The molecule has 2 atom stereocenters. The van der Waals surface area contributed by atoms with Crippen LogP contribution in [0.15, 0.2) is 67.3 Å². The van der Waals surface area contributed by atoms with Gasteiger partial charge in [-0.3, -0.25) is 4.90 Å². The summed E-state index contributed by atoms with van der Waals surface area (Å²) in [5, 5.41) is 0. The summed E-state index contributed by atoms with van der Waals surface area (Å²) in [5.41, 5.74) is 5.59. The molecule has 2 aromatic carbocycles. The molecular formula is C23H25N. The van der Waals surface area contributed by atoms with Gasteiger partial charge >= 0.3 is 0 Å². The summed E-state index contributed by atoms with van der Waals surface area (Å²) in [6, 6.07) is 20.8. The molecule has 0 saturated carbocycles. The van der Waals surface area contributed by atoms with Gasteiger partial charge in [0, 0.05) is 18.6 Å². The van der Waals surface area contributed by atoms with Crippen molar-refractivity contribution in [1.29, 1.82) is 0 Å². The van der Waals surface area contributed by atoms with Crippen LogP contribution in [0.5, 0.6) is 0 Å². The van der Waals surface area contributed by atoms with Crippen molar-refractivity contribution in [3.05, 3.63) is 83.9 Å². The summed E-state index contributed by atoms with van der Waals surface area (Å²) >= 11 is 0. The fraction of sp³-hybridized carbons (Fsp3) is 0.304. The van der Waals surface area contributed by atoms with Gasteiger partial charge in [0.1, 0.15) is 0 Å². The predicted molar refractivity (Wildman–Crippen MR) is 103 cm³/mol. The van der Waals surface area contributed by atoms with E-state index in [4.69, 9.17) is 0 Å². The van der Waals surface area contributed by atoms with Crippen LogP contribution in [0, 0.1) is 0 Å². The Hall–Kier alpha value is -2.12. The van der Waals surface area contributed by atoms with E-state index in [2.05, 4.69) is 72.2 Å². The minimum Gasteiger partial charge on any atom is -0.289 e. The van der Waals surface area contributed by atoms with Crippen LogP contribution < -0.4 is 0 Å². The molecule has 4 rings (SSSR count). The summed E-state index contributed by atoms with van der Waals surface area (Å²) in [6.07, 6.45) is 9.63. The van der Waals surface area contributed by atoms with Gasteiger partial charge in [0.2, 0.25) is 0 Å². The van der Waals surface area contributed by atoms with Gasteiger partial charge < -0.3 is 0 Å². The topological polar surface area (TPSA) is 3.24 Å². The Morgan fingerprint density at radius 1 is 1.00 bits per heavy atom. The zero-order chi connectivity index (χ0) is 16.4. The average molecular weight is 315 g/mol. The predicted octanol–water partition coefficient (Wildman–Crippen LogP) is 5.54. The van der Waals surface area contributed by atoms with Gasteiger partial charge in [0.15, 0.2) is 0 Å². The average Bonchev–Trinajstić information content (AvgIpc) is 2.62. The van der Waals surface area contributed by atoms with Gasteiger partial charge in [-0.1, -0.05) is 79.7 Å². The molecule has 2 aliphatic rings. The smallest absolute Gasteiger partial charge is 0.0290 e. The second-order valence-corrected chi connectivity index (χ2v) is 7.00. The molecule has 1 saturated heterocycles. The van der Waals surface area contributed by atoms with E-state index in [1.54, 1.807) is 0 Å². The number of fused-ring (bicyclic) bond motifs is 2. The van der Waals surface area contributed by atoms with E-state index in [-0.39, 0.29) is 0 Å². The van der Waals surface area contributed by atoms with Crippen molar-refractivity contribution in [3.8, 4) is 0 Å². The molecule has 24 heavy (non-hydrogen) atoms. The van der Waals surface area contributed by atoms with Crippen molar-refractivity contribution in [3.63, 3.8) is 0 Å². The van der Waals surface area contributed by atoms with Gasteiger partial charge in [-0.2, -0.15) is 0 Å². The van der Waals surface area contributed by atoms with Gasteiger partial charge in [-0.05, 0) is 41.5 Å². The third-order valence-electron chi connectivity index (χ3n) is 5.52. The van der Waals surface area contributed by atoms with Crippen molar-refractivity contribution in [2.24, 2.45) is 0 Å². The summed E-state index contributed by atoms with van der Waals surface area (Å²) in [4.78, 5) is 2.72. The fourth-order valence-electron chi connectivity index (χ4n) is 4.33. The monoisotopic (exact) mass is 315 g/mol. The first-order valence-corrected chi connectivity index (χ1v) is 9.07. The summed E-state index contributed by atoms with van der Waals surface area (Å²) < 4.78 is 0. The molecule has 1 fully saturated rings. The van der Waals surface area contributed by atoms with E-state index in [1.165, 1.54) is 41.5 Å². The third kappa shape index (κ3) is 2.97. The second kappa shape index (κ2) is 6.78. The van der Waals surface area contributed by atoms with Crippen LogP contribution in [-0.4, -0.2) is 17.0 Å². The normalized spacial score (nSPS) is 23.6. The molecular weight excluding hydrogens is 290 g/mol. The maximum Gasteiger partial charge on any atom is 0.0290 e. The van der Waals surface area contributed by atoms with Gasteiger partial charge in [-0.25, -0.2) is 0 Å². The van der Waals surface area contributed by atoms with Crippen molar-refractivity contribution in [1.82, 2.24) is 4.90 Å². The number of rotatable bonds is 4. The van der Waals surface area contributed by atoms with Crippen molar-refractivity contribution in [2.45, 2.75) is 44.3 Å². The zero-order valence-corrected chi connectivity index (χ0v) is 14.2. The zero-order valence-electron chi connectivity index (χ0n) is 14.2. The molecule has 1 heteroatoms. The molecule has 0 radical (unpaired) electrons. The molecule has 2 aliphatic heterocycles. The van der Waals surface area contributed by atoms with Crippen molar-refractivity contribution >= 4 is 11.6 Å². The lowest BCUT2D eigenvalue weighted by molar-refractivity contribution is 0.0951. The minimum absolute atomic E-state index is 0.575. The largest absolute Gasteiger partial charge is 0.289 e. The highest BCUT2D eigenvalue weighted by molar-refractivity contribution is 5.75. The molecule has 2 heterocycles. The first-order valence-electron chi connectivity index (χ1n) is 9.07. The van der Waals surface area contributed by atoms with E-state index in [9.17, 15) is 0 Å². The number of piperidine rings is 1. The lowest BCUT2D eigenvalue weighted by Gasteiger charge is -2.45. The summed E-state index contributed by atoms with van der Waals surface area (Å²) in [7, 11) is 0. The van der Waals surface area contributed by atoms with Crippen molar-refractivity contribution < 1.29 is 0 Å². The fourth-order valence-corrected chi connectivity index (χ4v) is 4.33. The Kier molecular flexibility index (Phi) is 4.36. The van der Waals surface area contributed by atoms with Crippen LogP contribution in [-0.2, 0) is 6.54 Å². The van der Waals surface area contributed by atoms with E-state index >= 15 is 0 Å². The van der Waals surface area contributed by atoms with E-state index in [0.717, 1.165) is 13.0 Å². The molecule has 0 amide bonds. The summed E-state index contributed by atoms with van der Waals surface area (Å²) in [5.74, 6) is 0. The maximum atomic E-state index is 3.99. The molecule has 2 bridgehead atoms. The van der Waals surface area contributed by atoms with E-state index < -0.39 is 0 Å². The molecule has 1 nitrogen and oxygen atoms in total. The lowest BCUT2D eigenvalue weighted by atomic mass is 9.81. The number of hydrogen-bond acceptors (Lipinski definition) is 1. The summed E-state index contributed by atoms with van der Waals surface area (Å²) in [6.45, 7) is 5.06. The van der Waals surface area contributed by atoms with E-state index in [1.807, 2.05) is 6.08 Å². The number of hydrogen-bond donors (Lipinski definition) is 0. The Balaban J connectivity index is 1.63. The molecule has 122 valence electrons. The van der Waals surface area contributed by atoms with Crippen LogP contribution in [0.1, 0.15) is 42.4 Å². The molecule has 0 aliphatic carbocycles. The minimum atomic E-state index is 0.575. The molecule has 0 aromatic heterocycles. The first kappa shape index (κ1) is 15.4. The third-order valence-corrected chi connectivity index (χ3v) is 5.52. The quantitative estimate of drug-likeness (QED) is 0.716. The Bertz CT molecular complexity index is 744. The van der Waals surface area contributed by atoms with Crippen LogP contribution >= 0.6 is 0 Å².